The van der Waals surface area contributed by atoms with E-state index in [1.54, 1.807) is 6.92 Å². The van der Waals surface area contributed by atoms with Gasteiger partial charge in [0.2, 0.25) is 12.1 Å². The second kappa shape index (κ2) is 9.79. The molecule has 0 saturated carbocycles. The van der Waals surface area contributed by atoms with E-state index in [0.717, 1.165) is 44.2 Å². The molecule has 6 nitrogen and oxygen atoms in total. The Hall–Kier alpha value is -1.40. The number of nitrogens with one attached hydrogen (secondary N) is 2. The van der Waals surface area contributed by atoms with Crippen molar-refractivity contribution in [3.63, 3.8) is 0 Å². The summed E-state index contributed by atoms with van der Waals surface area (Å²) in [7, 11) is 1.96. The number of hydrogen-bond donors (Lipinski definition) is 2. The third-order valence-corrected chi connectivity index (χ3v) is 4.58. The van der Waals surface area contributed by atoms with Crippen molar-refractivity contribution in [2.24, 2.45) is 0 Å². The van der Waals surface area contributed by atoms with Crippen LogP contribution in [0.5, 0.6) is 0 Å². The molecule has 24 heavy (non-hydrogen) atoms. The van der Waals surface area contributed by atoms with E-state index >= 15 is 0 Å². The standard InChI is InChI=1S/C17H29ClN3O3/c1-4-5-6-7-11-23-16(20)15(19)14-9-8-10-21(3,12-14)13(2)24-17(18)22/h9,13,19-20H,4-8,10-12H2,1-3H3/q+1. The van der Waals surface area contributed by atoms with Crippen LogP contribution in [0.1, 0.15) is 46.0 Å². The van der Waals surface area contributed by atoms with Gasteiger partial charge in [0, 0.05) is 30.5 Å². The first kappa shape index (κ1) is 20.6. The fourth-order valence-corrected chi connectivity index (χ4v) is 2.87. The molecular formula is C17H29ClN3O3+. The summed E-state index contributed by atoms with van der Waals surface area (Å²) in [5.74, 6) is -0.0896. The molecule has 1 aliphatic rings. The molecule has 0 spiro atoms. The summed E-state index contributed by atoms with van der Waals surface area (Å²) in [5, 5.41) is 16.2. The minimum Gasteiger partial charge on any atom is -0.477 e. The normalized spacial score (nSPS) is 21.6. The van der Waals surface area contributed by atoms with Crippen LogP contribution < -0.4 is 0 Å². The lowest BCUT2D eigenvalue weighted by molar-refractivity contribution is -0.946. The van der Waals surface area contributed by atoms with Crippen molar-refractivity contribution in [1.29, 1.82) is 10.8 Å². The number of quaternary nitrogens is 1. The van der Waals surface area contributed by atoms with Crippen LogP contribution in [0.2, 0.25) is 0 Å². The van der Waals surface area contributed by atoms with Crippen molar-refractivity contribution < 1.29 is 18.8 Å². The molecule has 0 fully saturated rings. The number of carbonyl (C=O) groups excluding carboxylic acids is 1. The lowest BCUT2D eigenvalue weighted by Crippen LogP contribution is -2.56. The molecule has 1 rings (SSSR count). The summed E-state index contributed by atoms with van der Waals surface area (Å²) in [6.45, 7) is 5.70. The Morgan fingerprint density at radius 1 is 1.38 bits per heavy atom. The monoisotopic (exact) mass is 358 g/mol. The van der Waals surface area contributed by atoms with Crippen LogP contribution in [-0.4, -0.2) is 54.5 Å². The van der Waals surface area contributed by atoms with Gasteiger partial charge in [-0.2, -0.15) is 0 Å². The number of likely N-dealkylation sites (N-methyl/N-ethyl adjacent to an activating group) is 1. The van der Waals surface area contributed by atoms with Gasteiger partial charge in [0.15, 0.2) is 0 Å². The molecule has 0 amide bonds. The van der Waals surface area contributed by atoms with E-state index in [1.807, 2.05) is 13.1 Å². The van der Waals surface area contributed by atoms with E-state index in [9.17, 15) is 4.79 Å². The molecule has 7 heteroatoms. The van der Waals surface area contributed by atoms with Crippen LogP contribution in [0.4, 0.5) is 4.79 Å². The van der Waals surface area contributed by atoms with Crippen LogP contribution in [0.25, 0.3) is 0 Å². The predicted octanol–water partition coefficient (Wildman–Crippen LogP) is 4.08. The molecule has 136 valence electrons. The molecule has 0 aromatic heterocycles. The zero-order valence-electron chi connectivity index (χ0n) is 14.9. The fraction of sp³-hybridized carbons (Fsp3) is 0.706. The third kappa shape index (κ3) is 6.24. The van der Waals surface area contributed by atoms with Gasteiger partial charge in [-0.05, 0) is 6.42 Å². The Labute approximate surface area is 149 Å². The highest BCUT2D eigenvalue weighted by molar-refractivity contribution is 6.61. The maximum absolute atomic E-state index is 11.0. The smallest absolute Gasteiger partial charge is 0.408 e. The van der Waals surface area contributed by atoms with Crippen LogP contribution in [0, 0.1) is 10.8 Å². The zero-order valence-corrected chi connectivity index (χ0v) is 15.6. The summed E-state index contributed by atoms with van der Waals surface area (Å²) < 4.78 is 10.9. The summed E-state index contributed by atoms with van der Waals surface area (Å²) >= 11 is 5.31. The number of ether oxygens (including phenoxy) is 2. The van der Waals surface area contributed by atoms with E-state index in [0.29, 0.717) is 17.6 Å². The molecule has 0 bridgehead atoms. The summed E-state index contributed by atoms with van der Waals surface area (Å²) in [4.78, 5) is 11.0. The Balaban J connectivity index is 2.56. The van der Waals surface area contributed by atoms with E-state index in [4.69, 9.17) is 31.9 Å². The van der Waals surface area contributed by atoms with Crippen LogP contribution in [0.15, 0.2) is 11.6 Å². The van der Waals surface area contributed by atoms with Crippen molar-refractivity contribution in [3.05, 3.63) is 11.6 Å². The topological polar surface area (TPSA) is 83.2 Å². The summed E-state index contributed by atoms with van der Waals surface area (Å²) in [5.41, 5.74) is 0.0370. The number of hydrogen-bond acceptors (Lipinski definition) is 5. The molecule has 2 unspecified atom stereocenters. The van der Waals surface area contributed by atoms with E-state index in [1.165, 1.54) is 0 Å². The summed E-state index contributed by atoms with van der Waals surface area (Å²) in [6, 6.07) is 0. The van der Waals surface area contributed by atoms with E-state index in [2.05, 4.69) is 6.92 Å². The largest absolute Gasteiger partial charge is 0.477 e. The maximum Gasteiger partial charge on any atom is 0.408 e. The van der Waals surface area contributed by atoms with Gasteiger partial charge >= 0.3 is 5.43 Å². The van der Waals surface area contributed by atoms with Gasteiger partial charge in [-0.3, -0.25) is 15.3 Å². The minimum absolute atomic E-state index is 0.0896. The maximum atomic E-state index is 11.0. The molecule has 0 saturated heterocycles. The highest BCUT2D eigenvalue weighted by atomic mass is 35.5. The first-order valence-corrected chi connectivity index (χ1v) is 8.88. The summed E-state index contributed by atoms with van der Waals surface area (Å²) in [6.07, 6.45) is 6.60. The number of nitrogens with zero attached hydrogens (tertiary/aromatic N) is 1. The number of halogens is 1. The average molecular weight is 359 g/mol. The average Bonchev–Trinajstić information content (AvgIpc) is 2.53. The van der Waals surface area contributed by atoms with Gasteiger partial charge in [0.05, 0.1) is 20.2 Å². The lowest BCUT2D eigenvalue weighted by atomic mass is 10.0. The van der Waals surface area contributed by atoms with Gasteiger partial charge in [-0.1, -0.05) is 32.3 Å². The molecule has 0 aliphatic carbocycles. The minimum atomic E-state index is -0.823. The van der Waals surface area contributed by atoms with Crippen LogP contribution in [0.3, 0.4) is 0 Å². The van der Waals surface area contributed by atoms with E-state index < -0.39 is 11.7 Å². The molecule has 1 heterocycles. The van der Waals surface area contributed by atoms with Crippen molar-refractivity contribution >= 4 is 28.6 Å². The number of carbonyl (C=O) groups is 1. The second-order valence-electron chi connectivity index (χ2n) is 6.45. The molecule has 2 atom stereocenters. The van der Waals surface area contributed by atoms with Gasteiger partial charge < -0.3 is 9.47 Å². The Bertz CT molecular complexity index is 507. The first-order chi connectivity index (χ1) is 11.3. The lowest BCUT2D eigenvalue weighted by Gasteiger charge is -2.41. The number of unbranched alkanes of at least 4 members (excludes halogenated alkanes) is 3. The molecule has 0 aromatic carbocycles. The number of rotatable bonds is 9. The quantitative estimate of drug-likeness (QED) is 0.214. The van der Waals surface area contributed by atoms with Crippen molar-refractivity contribution in [1.82, 2.24) is 0 Å². The van der Waals surface area contributed by atoms with Crippen LogP contribution in [-0.2, 0) is 9.47 Å². The molecular weight excluding hydrogens is 330 g/mol. The highest BCUT2D eigenvalue weighted by Gasteiger charge is 2.36. The van der Waals surface area contributed by atoms with Crippen molar-refractivity contribution in [3.8, 4) is 0 Å². The van der Waals surface area contributed by atoms with Gasteiger partial charge in [-0.15, -0.1) is 0 Å². The Morgan fingerprint density at radius 2 is 2.08 bits per heavy atom. The second-order valence-corrected chi connectivity index (χ2v) is 6.76. The van der Waals surface area contributed by atoms with Gasteiger partial charge in [-0.25, -0.2) is 4.79 Å². The van der Waals surface area contributed by atoms with Gasteiger partial charge in [0.25, 0.3) is 0 Å². The molecule has 0 radical (unpaired) electrons. The highest BCUT2D eigenvalue weighted by Crippen LogP contribution is 2.23. The first-order valence-electron chi connectivity index (χ1n) is 8.50. The predicted molar refractivity (Wildman–Crippen MR) is 96.0 cm³/mol. The third-order valence-electron chi connectivity index (χ3n) is 4.50. The van der Waals surface area contributed by atoms with E-state index in [-0.39, 0.29) is 11.6 Å². The fourth-order valence-electron chi connectivity index (χ4n) is 2.74. The molecule has 0 aromatic rings. The molecule has 2 N–H and O–H groups in total. The van der Waals surface area contributed by atoms with Crippen molar-refractivity contribution in [2.75, 3.05) is 26.7 Å². The van der Waals surface area contributed by atoms with Gasteiger partial charge in [0.1, 0.15) is 12.3 Å². The molecule has 1 aliphatic heterocycles. The SMILES string of the molecule is CCCCCCOC(=N)C(=N)C1=CCC[N+](C)(C(C)OC(=O)Cl)C1. The Morgan fingerprint density at radius 3 is 2.71 bits per heavy atom. The zero-order chi connectivity index (χ0) is 18.2. The van der Waals surface area contributed by atoms with Crippen LogP contribution >= 0.6 is 11.6 Å². The Kier molecular flexibility index (Phi) is 8.42. The van der Waals surface area contributed by atoms with Crippen molar-refractivity contribution in [2.45, 2.75) is 52.2 Å².